The molecule has 3 N–H and O–H groups in total. The van der Waals surface area contributed by atoms with Gasteiger partial charge in [-0.15, -0.1) is 0 Å². The van der Waals surface area contributed by atoms with Crippen LogP contribution in [-0.4, -0.2) is 79.5 Å². The van der Waals surface area contributed by atoms with Crippen molar-refractivity contribution < 1.29 is 28.6 Å². The molecule has 0 aromatic heterocycles. The van der Waals surface area contributed by atoms with Crippen molar-refractivity contribution in [1.82, 2.24) is 10.2 Å². The van der Waals surface area contributed by atoms with Crippen LogP contribution in [0.5, 0.6) is 11.5 Å². The van der Waals surface area contributed by atoms with Crippen LogP contribution in [0, 0.1) is 5.92 Å². The summed E-state index contributed by atoms with van der Waals surface area (Å²) in [6, 6.07) is 26.3. The minimum Gasteiger partial charge on any atom is -0.497 e. The van der Waals surface area contributed by atoms with Gasteiger partial charge in [0.1, 0.15) is 22.9 Å². The smallest absolute Gasteiger partial charge is 0.222 e. The molecule has 4 rings (SSSR count). The number of carbonyl (C=O) groups excluding carboxylic acids is 3. The molecule has 3 aromatic rings. The van der Waals surface area contributed by atoms with Gasteiger partial charge in [-0.05, 0) is 106 Å². The molecule has 0 radical (unpaired) electrons. The summed E-state index contributed by atoms with van der Waals surface area (Å²) in [5, 5.41) is 3.00. The Morgan fingerprint density at radius 2 is 1.34 bits per heavy atom. The molecule has 59 heavy (non-hydrogen) atoms. The van der Waals surface area contributed by atoms with Crippen molar-refractivity contribution in [2.45, 2.75) is 121 Å². The number of hydrogen-bond acceptors (Lipinski definition) is 9. The van der Waals surface area contributed by atoms with E-state index >= 15 is 0 Å². The Hall–Kier alpha value is -3.51. The number of hydrogen-bond donors (Lipinski definition) is 2. The Morgan fingerprint density at radius 1 is 0.763 bits per heavy atom. The zero-order valence-corrected chi connectivity index (χ0v) is 37.8. The highest BCUT2D eigenvalue weighted by molar-refractivity contribution is 8.77. The lowest BCUT2D eigenvalue weighted by molar-refractivity contribution is -0.134. The number of ketones is 1. The Morgan fingerprint density at radius 3 is 1.95 bits per heavy atom. The third-order valence-electron chi connectivity index (χ3n) is 11.1. The molecular weight excluding hydrogens is 779 g/mol. The summed E-state index contributed by atoms with van der Waals surface area (Å²) >= 11 is 0. The summed E-state index contributed by atoms with van der Waals surface area (Å²) in [6.07, 6.45) is 10.3. The Bertz CT molecular complexity index is 1640. The van der Waals surface area contributed by atoms with Crippen LogP contribution in [0.25, 0.3) is 0 Å². The van der Waals surface area contributed by atoms with Crippen LogP contribution in [0.1, 0.15) is 121 Å². The summed E-state index contributed by atoms with van der Waals surface area (Å²) < 4.78 is 18.2. The molecule has 0 unspecified atom stereocenters. The monoisotopic (exact) mass is 847 g/mol. The van der Waals surface area contributed by atoms with E-state index in [9.17, 15) is 14.4 Å². The van der Waals surface area contributed by atoms with Crippen LogP contribution >= 0.6 is 21.6 Å². The Kier molecular flexibility index (Phi) is 20.7. The van der Waals surface area contributed by atoms with Crippen LogP contribution < -0.4 is 20.5 Å². The quantitative estimate of drug-likeness (QED) is 0.0418. The number of methoxy groups -OCH3 is 2. The highest BCUT2D eigenvalue weighted by atomic mass is 33.1. The molecule has 3 aromatic carbocycles. The van der Waals surface area contributed by atoms with Crippen molar-refractivity contribution in [3.63, 3.8) is 0 Å². The Balaban J connectivity index is 1.23. The summed E-state index contributed by atoms with van der Waals surface area (Å²) in [5.74, 6) is 3.35. The highest BCUT2D eigenvalue weighted by Crippen LogP contribution is 2.43. The van der Waals surface area contributed by atoms with Gasteiger partial charge in [0.15, 0.2) is 0 Å². The molecule has 1 heterocycles. The van der Waals surface area contributed by atoms with Gasteiger partial charge in [-0.1, -0.05) is 102 Å². The molecule has 324 valence electrons. The van der Waals surface area contributed by atoms with Gasteiger partial charge < -0.3 is 30.2 Å². The maximum Gasteiger partial charge on any atom is 0.222 e. The third kappa shape index (κ3) is 15.5. The van der Waals surface area contributed by atoms with Gasteiger partial charge in [0.05, 0.1) is 26.9 Å². The van der Waals surface area contributed by atoms with Gasteiger partial charge >= 0.3 is 0 Å². The number of likely N-dealkylation sites (tertiary alicyclic amines) is 1. The molecule has 11 heteroatoms. The van der Waals surface area contributed by atoms with Crippen LogP contribution in [0.3, 0.4) is 0 Å². The first-order chi connectivity index (χ1) is 28.5. The fourth-order valence-corrected chi connectivity index (χ4v) is 10.2. The lowest BCUT2D eigenvalue weighted by Gasteiger charge is -2.38. The molecule has 0 aliphatic carbocycles. The summed E-state index contributed by atoms with van der Waals surface area (Å²) in [6.45, 7) is 9.03. The number of Topliss-reactive ketones (excluding diaryl/α,β-unsaturated/α-hetero) is 1. The fraction of sp³-hybridized carbons (Fsp3) is 0.562. The number of carbonyl (C=O) groups is 3. The van der Waals surface area contributed by atoms with E-state index in [1.807, 2.05) is 47.4 Å². The first kappa shape index (κ1) is 48.2. The van der Waals surface area contributed by atoms with Crippen LogP contribution in [-0.2, 0) is 24.7 Å². The van der Waals surface area contributed by atoms with E-state index in [4.69, 9.17) is 19.9 Å². The molecule has 1 aliphatic rings. The van der Waals surface area contributed by atoms with Crippen molar-refractivity contribution in [3.05, 3.63) is 95.6 Å². The second-order valence-electron chi connectivity index (χ2n) is 16.4. The third-order valence-corrected chi connectivity index (χ3v) is 14.5. The molecule has 1 aliphatic heterocycles. The number of benzene rings is 3. The average molecular weight is 848 g/mol. The number of nitrogens with zero attached hydrogens (tertiary/aromatic N) is 1. The zero-order valence-electron chi connectivity index (χ0n) is 36.2. The Labute approximate surface area is 362 Å². The number of nitrogens with one attached hydrogen (secondary N) is 1. The maximum atomic E-state index is 13.8. The van der Waals surface area contributed by atoms with Gasteiger partial charge in [0, 0.05) is 49.3 Å². The first-order valence-electron chi connectivity index (χ1n) is 21.6. The topological polar surface area (TPSA) is 120 Å². The largest absolute Gasteiger partial charge is 0.497 e. The van der Waals surface area contributed by atoms with Gasteiger partial charge in [-0.25, -0.2) is 0 Å². The number of unbranched alkanes of at least 4 members (excludes halogenated alkanes) is 5. The van der Waals surface area contributed by atoms with Crippen LogP contribution in [0.15, 0.2) is 78.9 Å². The number of amides is 2. The van der Waals surface area contributed by atoms with Crippen molar-refractivity contribution in [3.8, 4) is 11.5 Å². The predicted molar refractivity (Wildman–Crippen MR) is 244 cm³/mol. The summed E-state index contributed by atoms with van der Waals surface area (Å²) in [7, 11) is 6.88. The highest BCUT2D eigenvalue weighted by Gasteiger charge is 2.41. The normalized spacial score (nSPS) is 15.6. The fourth-order valence-electron chi connectivity index (χ4n) is 7.74. The van der Waals surface area contributed by atoms with Gasteiger partial charge in [-0.2, -0.15) is 0 Å². The summed E-state index contributed by atoms with van der Waals surface area (Å²) in [4.78, 5) is 40.5. The van der Waals surface area contributed by atoms with E-state index < -0.39 is 5.60 Å². The molecular formula is C48H69N3O6S2. The SMILES string of the molecule is COc1ccc(C(OC[C@@H]2C[C@@H](C)CN2C(=O)CCCCCCC(=O)CCC(C)(C)SSCCNC(=O)CCCCCN)(c2ccccc2)c2ccc(OC)cc2)cc1. The van der Waals surface area contributed by atoms with Crippen molar-refractivity contribution in [2.24, 2.45) is 11.7 Å². The average Bonchev–Trinajstić information content (AvgIpc) is 3.63. The van der Waals surface area contributed by atoms with Gasteiger partial charge in [0.25, 0.3) is 0 Å². The van der Waals surface area contributed by atoms with Crippen molar-refractivity contribution in [1.29, 1.82) is 0 Å². The van der Waals surface area contributed by atoms with Crippen LogP contribution in [0.2, 0.25) is 0 Å². The first-order valence-corrected chi connectivity index (χ1v) is 23.9. The van der Waals surface area contributed by atoms with E-state index in [2.05, 4.69) is 62.5 Å². The predicted octanol–water partition coefficient (Wildman–Crippen LogP) is 9.73. The molecule has 1 saturated heterocycles. The van der Waals surface area contributed by atoms with Crippen molar-refractivity contribution in [2.75, 3.05) is 46.2 Å². The molecule has 2 amide bonds. The second kappa shape index (κ2) is 25.3. The van der Waals surface area contributed by atoms with Gasteiger partial charge in [0.2, 0.25) is 11.8 Å². The maximum absolute atomic E-state index is 13.8. The standard InChI is InChI=1S/C48H69N3O6S2/c1-37-34-41(36-57-48(38-16-10-8-11-17-38,39-21-25-43(55-4)26-22-39)40-23-27-44(56-5)28-24-40)51(35-37)46(54)20-14-7-6-12-18-42(52)29-30-47(2,3)59-58-33-32-50-45(53)19-13-9-15-31-49/h8,10-11,16-17,21-28,37,41H,6-7,9,12-15,18-20,29-36,49H2,1-5H3,(H,50,53)/t37-,41+/m1/s1. The molecule has 1 fully saturated rings. The van der Waals surface area contributed by atoms with E-state index in [0.717, 1.165) is 98.3 Å². The van der Waals surface area contributed by atoms with Crippen LogP contribution in [0.4, 0.5) is 0 Å². The molecule has 0 spiro atoms. The molecule has 9 nitrogen and oxygen atoms in total. The number of nitrogens with two attached hydrogens (primary N) is 1. The minimum absolute atomic E-state index is 0.0166. The molecule has 0 bridgehead atoms. The minimum atomic E-state index is -0.935. The summed E-state index contributed by atoms with van der Waals surface area (Å²) in [5.41, 5.74) is 7.52. The lowest BCUT2D eigenvalue weighted by atomic mass is 9.80. The van der Waals surface area contributed by atoms with E-state index in [0.29, 0.717) is 57.1 Å². The van der Waals surface area contributed by atoms with Crippen molar-refractivity contribution >= 4 is 39.2 Å². The van der Waals surface area contributed by atoms with Gasteiger partial charge in [-0.3, -0.25) is 14.4 Å². The number of ether oxygens (including phenoxy) is 3. The molecule has 0 saturated carbocycles. The molecule has 2 atom stereocenters. The zero-order chi connectivity index (χ0) is 42.5. The van der Waals surface area contributed by atoms with E-state index in [1.165, 1.54) is 0 Å². The van der Waals surface area contributed by atoms with E-state index in [1.54, 1.807) is 35.8 Å². The number of rotatable bonds is 28. The van der Waals surface area contributed by atoms with E-state index in [-0.39, 0.29) is 22.6 Å². The second-order valence-corrected chi connectivity index (χ2v) is 19.5. The lowest BCUT2D eigenvalue weighted by Crippen LogP contribution is -2.42.